The Bertz CT molecular complexity index is 1100. The molecule has 1 aliphatic rings. The van der Waals surface area contributed by atoms with E-state index in [0.29, 0.717) is 28.1 Å². The molecule has 27 heavy (non-hydrogen) atoms. The van der Waals surface area contributed by atoms with Gasteiger partial charge in [-0.3, -0.25) is 0 Å². The Morgan fingerprint density at radius 2 is 1.74 bits per heavy atom. The van der Waals surface area contributed by atoms with E-state index in [1.54, 1.807) is 43.5 Å². The van der Waals surface area contributed by atoms with Crippen molar-refractivity contribution < 1.29 is 28.4 Å². The second-order valence-corrected chi connectivity index (χ2v) is 5.85. The van der Waals surface area contributed by atoms with Gasteiger partial charge in [0.25, 0.3) is 0 Å². The van der Waals surface area contributed by atoms with Gasteiger partial charge in [0.2, 0.25) is 0 Å². The van der Waals surface area contributed by atoms with Gasteiger partial charge in [-0.15, -0.1) is 0 Å². The topological polar surface area (TPSA) is 101 Å². The molecule has 136 valence electrons. The van der Waals surface area contributed by atoms with Crippen LogP contribution in [-0.4, -0.2) is 36.5 Å². The van der Waals surface area contributed by atoms with E-state index in [4.69, 9.17) is 14.2 Å². The van der Waals surface area contributed by atoms with E-state index < -0.39 is 11.9 Å². The molecule has 0 radical (unpaired) electrons. The second kappa shape index (κ2) is 6.56. The van der Waals surface area contributed by atoms with Crippen LogP contribution in [0.25, 0.3) is 16.6 Å². The van der Waals surface area contributed by atoms with Crippen molar-refractivity contribution in [3.05, 3.63) is 53.1 Å². The summed E-state index contributed by atoms with van der Waals surface area (Å²) in [5.74, 6) is -0.201. The van der Waals surface area contributed by atoms with Crippen molar-refractivity contribution in [2.75, 3.05) is 14.2 Å². The van der Waals surface area contributed by atoms with Gasteiger partial charge in [-0.05, 0) is 39.6 Å². The molecule has 1 aromatic heterocycles. The SMILES string of the molecule is COc1ccc(CC2=C(c3ccc4nonc4c3)C(=O)OC2=O)c(OC)c1. The molecule has 0 N–H and O–H groups in total. The summed E-state index contributed by atoms with van der Waals surface area (Å²) in [6.07, 6.45) is 0.169. The molecule has 0 bridgehead atoms. The molecule has 0 aliphatic carbocycles. The fraction of sp³-hybridized carbons (Fsp3) is 0.158. The van der Waals surface area contributed by atoms with Crippen LogP contribution in [0, 0.1) is 0 Å². The molecule has 2 heterocycles. The largest absolute Gasteiger partial charge is 0.497 e. The lowest BCUT2D eigenvalue weighted by molar-refractivity contribution is -0.150. The summed E-state index contributed by atoms with van der Waals surface area (Å²) in [5.41, 5.74) is 2.71. The first-order valence-electron chi connectivity index (χ1n) is 8.04. The van der Waals surface area contributed by atoms with Crippen LogP contribution in [-0.2, 0) is 20.7 Å². The second-order valence-electron chi connectivity index (χ2n) is 5.85. The van der Waals surface area contributed by atoms with Crippen LogP contribution in [0.2, 0.25) is 0 Å². The minimum absolute atomic E-state index is 0.169. The lowest BCUT2D eigenvalue weighted by Gasteiger charge is -2.10. The zero-order valence-corrected chi connectivity index (χ0v) is 14.5. The van der Waals surface area contributed by atoms with Crippen LogP contribution in [0.3, 0.4) is 0 Å². The molecule has 8 heteroatoms. The molecule has 4 rings (SSSR count). The maximum Gasteiger partial charge on any atom is 0.347 e. The average molecular weight is 366 g/mol. The number of aromatic nitrogens is 2. The molecule has 3 aromatic rings. The van der Waals surface area contributed by atoms with Gasteiger partial charge in [-0.1, -0.05) is 12.1 Å². The molecular weight excluding hydrogens is 352 g/mol. The summed E-state index contributed by atoms with van der Waals surface area (Å²) in [5, 5.41) is 7.50. The van der Waals surface area contributed by atoms with Crippen molar-refractivity contribution in [2.45, 2.75) is 6.42 Å². The van der Waals surface area contributed by atoms with Gasteiger partial charge in [0.15, 0.2) is 0 Å². The number of nitrogens with zero attached hydrogens (tertiary/aromatic N) is 2. The van der Waals surface area contributed by atoms with E-state index in [9.17, 15) is 9.59 Å². The van der Waals surface area contributed by atoms with Crippen molar-refractivity contribution in [2.24, 2.45) is 0 Å². The highest BCUT2D eigenvalue weighted by molar-refractivity contribution is 6.31. The molecule has 0 amide bonds. The number of benzene rings is 2. The maximum atomic E-state index is 12.3. The van der Waals surface area contributed by atoms with Gasteiger partial charge in [0.05, 0.1) is 25.4 Å². The number of ether oxygens (including phenoxy) is 3. The van der Waals surface area contributed by atoms with Crippen molar-refractivity contribution in [3.63, 3.8) is 0 Å². The Balaban J connectivity index is 1.80. The van der Waals surface area contributed by atoms with Crippen LogP contribution >= 0.6 is 0 Å². The highest BCUT2D eigenvalue weighted by Gasteiger charge is 2.34. The predicted molar refractivity (Wildman–Crippen MR) is 93.1 cm³/mol. The number of cyclic esters (lactones) is 2. The number of esters is 2. The molecule has 0 saturated carbocycles. The molecule has 0 fully saturated rings. The third-order valence-electron chi connectivity index (χ3n) is 4.34. The van der Waals surface area contributed by atoms with E-state index >= 15 is 0 Å². The summed E-state index contributed by atoms with van der Waals surface area (Å²) in [7, 11) is 3.08. The van der Waals surface area contributed by atoms with Gasteiger partial charge < -0.3 is 14.2 Å². The summed E-state index contributed by atoms with van der Waals surface area (Å²) in [6, 6.07) is 10.2. The fourth-order valence-corrected chi connectivity index (χ4v) is 3.00. The number of hydrogen-bond donors (Lipinski definition) is 0. The fourth-order valence-electron chi connectivity index (χ4n) is 3.00. The summed E-state index contributed by atoms with van der Waals surface area (Å²) in [6.45, 7) is 0. The van der Waals surface area contributed by atoms with Gasteiger partial charge in [0, 0.05) is 12.5 Å². The highest BCUT2D eigenvalue weighted by Crippen LogP contribution is 2.34. The smallest absolute Gasteiger partial charge is 0.347 e. The molecule has 0 atom stereocenters. The summed E-state index contributed by atoms with van der Waals surface area (Å²) in [4.78, 5) is 24.6. The van der Waals surface area contributed by atoms with Crippen molar-refractivity contribution >= 4 is 28.5 Å². The standard InChI is InChI=1S/C19H14N2O6/c1-24-12-5-3-10(16(9-12)25-2)7-13-17(19(23)26-18(13)22)11-4-6-14-15(8-11)21-27-20-14/h3-6,8-9H,7H2,1-2H3. The van der Waals surface area contributed by atoms with Crippen LogP contribution in [0.5, 0.6) is 11.5 Å². The first-order valence-corrected chi connectivity index (χ1v) is 8.04. The Hall–Kier alpha value is -3.68. The van der Waals surface area contributed by atoms with E-state index in [-0.39, 0.29) is 17.6 Å². The molecule has 2 aromatic carbocycles. The van der Waals surface area contributed by atoms with Crippen LogP contribution in [0.4, 0.5) is 0 Å². The number of hydrogen-bond acceptors (Lipinski definition) is 8. The van der Waals surface area contributed by atoms with Gasteiger partial charge in [0.1, 0.15) is 22.5 Å². The maximum absolute atomic E-state index is 12.3. The Morgan fingerprint density at radius 1 is 0.926 bits per heavy atom. The summed E-state index contributed by atoms with van der Waals surface area (Å²) < 4.78 is 20.1. The minimum Gasteiger partial charge on any atom is -0.497 e. The highest BCUT2D eigenvalue weighted by atomic mass is 16.6. The normalized spacial score (nSPS) is 14.0. The number of fused-ring (bicyclic) bond motifs is 1. The lowest BCUT2D eigenvalue weighted by atomic mass is 9.96. The quantitative estimate of drug-likeness (QED) is 0.501. The van der Waals surface area contributed by atoms with Crippen LogP contribution < -0.4 is 9.47 Å². The number of carbonyl (C=O) groups is 2. The molecule has 8 nitrogen and oxygen atoms in total. The van der Waals surface area contributed by atoms with Crippen molar-refractivity contribution in [1.29, 1.82) is 0 Å². The predicted octanol–water partition coefficient (Wildman–Crippen LogP) is 2.32. The Kier molecular flexibility index (Phi) is 4.08. The zero-order chi connectivity index (χ0) is 19.0. The van der Waals surface area contributed by atoms with Gasteiger partial charge in [-0.25, -0.2) is 14.2 Å². The third-order valence-corrected chi connectivity index (χ3v) is 4.34. The van der Waals surface area contributed by atoms with Gasteiger partial charge >= 0.3 is 11.9 Å². The van der Waals surface area contributed by atoms with Crippen molar-refractivity contribution in [1.82, 2.24) is 10.3 Å². The molecule has 0 spiro atoms. The third kappa shape index (κ3) is 2.91. The Labute approximate surface area is 153 Å². The van der Waals surface area contributed by atoms with E-state index in [0.717, 1.165) is 5.56 Å². The first kappa shape index (κ1) is 16.8. The summed E-state index contributed by atoms with van der Waals surface area (Å²) >= 11 is 0. The number of methoxy groups -OCH3 is 2. The molecule has 0 saturated heterocycles. The number of rotatable bonds is 5. The van der Waals surface area contributed by atoms with Crippen molar-refractivity contribution in [3.8, 4) is 11.5 Å². The lowest BCUT2D eigenvalue weighted by Crippen LogP contribution is -2.04. The van der Waals surface area contributed by atoms with Crippen LogP contribution in [0.15, 0.2) is 46.6 Å². The van der Waals surface area contributed by atoms with Gasteiger partial charge in [-0.2, -0.15) is 0 Å². The van der Waals surface area contributed by atoms with E-state index in [1.165, 1.54) is 7.11 Å². The molecule has 1 aliphatic heterocycles. The minimum atomic E-state index is -0.696. The molecular formula is C19H14N2O6. The number of carbonyl (C=O) groups excluding carboxylic acids is 2. The van der Waals surface area contributed by atoms with Crippen LogP contribution in [0.1, 0.15) is 11.1 Å². The monoisotopic (exact) mass is 366 g/mol. The van der Waals surface area contributed by atoms with E-state index in [1.807, 2.05) is 0 Å². The Morgan fingerprint density at radius 3 is 2.52 bits per heavy atom. The zero-order valence-electron chi connectivity index (χ0n) is 14.5. The average Bonchev–Trinajstić information content (AvgIpc) is 3.25. The first-order chi connectivity index (χ1) is 13.1. The van der Waals surface area contributed by atoms with E-state index in [2.05, 4.69) is 14.9 Å². The molecule has 0 unspecified atom stereocenters.